The first-order valence-corrected chi connectivity index (χ1v) is 11.4. The van der Waals surface area contributed by atoms with Gasteiger partial charge in [-0.25, -0.2) is 0 Å². The fourth-order valence-corrected chi connectivity index (χ4v) is 5.30. The highest BCUT2D eigenvalue weighted by Crippen LogP contribution is 2.43. The molecule has 0 bridgehead atoms. The minimum atomic E-state index is -0.561. The summed E-state index contributed by atoms with van der Waals surface area (Å²) < 4.78 is 6.55. The Kier molecular flexibility index (Phi) is 5.20. The zero-order chi connectivity index (χ0) is 23.2. The summed E-state index contributed by atoms with van der Waals surface area (Å²) in [4.78, 5) is 22.1. The summed E-state index contributed by atoms with van der Waals surface area (Å²) in [5, 5.41) is 8.16. The molecule has 2 atom stereocenters. The summed E-state index contributed by atoms with van der Waals surface area (Å²) in [5.41, 5.74) is 3.78. The van der Waals surface area contributed by atoms with E-state index in [4.69, 9.17) is 10.1 Å². The first-order chi connectivity index (χ1) is 16.0. The number of anilines is 1. The van der Waals surface area contributed by atoms with E-state index in [1.54, 1.807) is 7.05 Å². The van der Waals surface area contributed by atoms with Crippen molar-refractivity contribution < 1.29 is 9.53 Å². The number of carbonyl (C=O) groups excluding carboxylic acids is 1. The van der Waals surface area contributed by atoms with E-state index in [9.17, 15) is 4.79 Å². The lowest BCUT2D eigenvalue weighted by Gasteiger charge is -2.48. The van der Waals surface area contributed by atoms with Gasteiger partial charge in [-0.2, -0.15) is 0 Å². The van der Waals surface area contributed by atoms with E-state index in [1.807, 2.05) is 61.3 Å². The van der Waals surface area contributed by atoms with Gasteiger partial charge in [0.25, 0.3) is 5.91 Å². The molecule has 0 aliphatic carbocycles. The normalized spacial score (nSPS) is 23.8. The van der Waals surface area contributed by atoms with Crippen LogP contribution < -0.4 is 9.64 Å². The molecule has 2 aromatic carbocycles. The Bertz CT molecular complexity index is 1210. The number of para-hydroxylation sites is 2. The molecule has 2 aromatic rings. The van der Waals surface area contributed by atoms with E-state index in [2.05, 4.69) is 21.7 Å². The van der Waals surface area contributed by atoms with E-state index in [-0.39, 0.29) is 17.9 Å². The maximum absolute atomic E-state index is 13.6. The Labute approximate surface area is 194 Å². The monoisotopic (exact) mass is 440 g/mol. The average Bonchev–Trinajstić information content (AvgIpc) is 2.85. The molecule has 1 N–H and O–H groups in total. The van der Waals surface area contributed by atoms with Gasteiger partial charge in [0.15, 0.2) is 0 Å². The number of likely N-dealkylation sites (tertiary alicyclic amines) is 1. The Hall–Kier alpha value is -3.59. The number of aliphatic imine (C=N–C) groups is 1. The third-order valence-corrected chi connectivity index (χ3v) is 7.26. The summed E-state index contributed by atoms with van der Waals surface area (Å²) in [6, 6.07) is 13.7. The highest BCUT2D eigenvalue weighted by atomic mass is 16.5. The lowest BCUT2D eigenvalue weighted by molar-refractivity contribution is -0.00860. The molecule has 168 valence electrons. The molecule has 0 radical (unpaired) electrons. The number of piperidine rings is 1. The van der Waals surface area contributed by atoms with Gasteiger partial charge in [0.1, 0.15) is 11.4 Å². The highest BCUT2D eigenvalue weighted by molar-refractivity contribution is 6.12. The molecule has 3 aliphatic rings. The van der Waals surface area contributed by atoms with Crippen LogP contribution in [0.15, 0.2) is 47.5 Å². The van der Waals surface area contributed by atoms with Crippen LogP contribution in [0, 0.1) is 23.2 Å². The molecule has 6 nitrogen and oxygen atoms in total. The molecule has 6 heteroatoms. The van der Waals surface area contributed by atoms with Crippen LogP contribution in [0.1, 0.15) is 41.3 Å². The number of carbonyl (C=O) groups is 1. The fourth-order valence-electron chi connectivity index (χ4n) is 5.30. The van der Waals surface area contributed by atoms with Crippen molar-refractivity contribution in [3.63, 3.8) is 0 Å². The molecule has 1 spiro atoms. The van der Waals surface area contributed by atoms with Gasteiger partial charge in [0, 0.05) is 57.4 Å². The summed E-state index contributed by atoms with van der Waals surface area (Å²) >= 11 is 0. The van der Waals surface area contributed by atoms with Crippen molar-refractivity contribution in [1.29, 1.82) is 5.41 Å². The Morgan fingerprint density at radius 3 is 2.70 bits per heavy atom. The number of nitrogens with zero attached hydrogens (tertiary/aromatic N) is 3. The second-order valence-corrected chi connectivity index (χ2v) is 8.97. The van der Waals surface area contributed by atoms with Crippen LogP contribution >= 0.6 is 0 Å². The third-order valence-electron chi connectivity index (χ3n) is 7.26. The zero-order valence-electron chi connectivity index (χ0n) is 19.3. The van der Waals surface area contributed by atoms with E-state index in [1.165, 1.54) is 6.21 Å². The van der Waals surface area contributed by atoms with Crippen molar-refractivity contribution in [3.05, 3.63) is 59.2 Å². The van der Waals surface area contributed by atoms with Crippen molar-refractivity contribution >= 4 is 23.5 Å². The van der Waals surface area contributed by atoms with Crippen LogP contribution in [-0.4, -0.2) is 61.6 Å². The van der Waals surface area contributed by atoms with Gasteiger partial charge < -0.3 is 19.9 Å². The number of benzene rings is 2. The maximum Gasteiger partial charge on any atom is 0.256 e. The van der Waals surface area contributed by atoms with Gasteiger partial charge in [0.05, 0.1) is 28.9 Å². The van der Waals surface area contributed by atoms with Crippen LogP contribution in [0.25, 0.3) is 0 Å². The zero-order valence-corrected chi connectivity index (χ0v) is 19.3. The van der Waals surface area contributed by atoms with Crippen LogP contribution in [0.2, 0.25) is 0 Å². The molecular formula is C27H28N4O2. The molecule has 1 saturated heterocycles. The van der Waals surface area contributed by atoms with Crippen molar-refractivity contribution in [3.8, 4) is 17.6 Å². The van der Waals surface area contributed by atoms with Crippen LogP contribution in [0.5, 0.6) is 5.75 Å². The van der Waals surface area contributed by atoms with Crippen molar-refractivity contribution in [2.45, 2.75) is 31.4 Å². The lowest BCUT2D eigenvalue weighted by atomic mass is 9.73. The second-order valence-electron chi connectivity index (χ2n) is 8.97. The van der Waals surface area contributed by atoms with Gasteiger partial charge in [-0.3, -0.25) is 9.79 Å². The molecule has 3 aliphatic heterocycles. The van der Waals surface area contributed by atoms with Gasteiger partial charge in [-0.1, -0.05) is 30.0 Å². The van der Waals surface area contributed by atoms with E-state index >= 15 is 0 Å². The maximum atomic E-state index is 13.6. The standard InChI is InChI=1S/C27H28N4O2/c1-18-11-12-19-7-6-9-21(25(19)30(18)3)26(32)31-15-13-27(14-16-31)22(17-28)24(29-2)20-8-4-5-10-23(20)33-27/h4-10,17-18,22,28H,13-16H2,1-3H3. The number of hydrogen-bond donors (Lipinski definition) is 1. The summed E-state index contributed by atoms with van der Waals surface area (Å²) in [5.74, 6) is 7.00. The van der Waals surface area contributed by atoms with Crippen molar-refractivity contribution in [2.75, 3.05) is 32.1 Å². The van der Waals surface area contributed by atoms with Crippen LogP contribution in [0.3, 0.4) is 0 Å². The van der Waals surface area contributed by atoms with E-state index < -0.39 is 5.60 Å². The minimum absolute atomic E-state index is 0.0245. The first-order valence-electron chi connectivity index (χ1n) is 11.4. The second kappa shape index (κ2) is 8.08. The van der Waals surface area contributed by atoms with E-state index in [0.29, 0.717) is 31.5 Å². The number of nitrogens with one attached hydrogen (secondary N) is 1. The number of rotatable bonds is 2. The number of fused-ring (bicyclic) bond motifs is 2. The fraction of sp³-hybridized carbons (Fsp3) is 0.370. The SMILES string of the molecule is CN=C1c2ccccc2OC2(CCN(C(=O)c3cccc4c3N(C)C(C)C#C4)CC2)C1C=N. The lowest BCUT2D eigenvalue weighted by Crippen LogP contribution is -2.58. The summed E-state index contributed by atoms with van der Waals surface area (Å²) in [6.07, 6.45) is 2.75. The summed E-state index contributed by atoms with van der Waals surface area (Å²) in [6.45, 7) is 3.18. The molecule has 5 rings (SSSR count). The summed E-state index contributed by atoms with van der Waals surface area (Å²) in [7, 11) is 3.77. The third kappa shape index (κ3) is 3.31. The number of ether oxygens (including phenoxy) is 1. The molecule has 33 heavy (non-hydrogen) atoms. The predicted molar refractivity (Wildman–Crippen MR) is 131 cm³/mol. The van der Waals surface area contributed by atoms with Crippen molar-refractivity contribution in [1.82, 2.24) is 4.90 Å². The largest absolute Gasteiger partial charge is 0.485 e. The van der Waals surface area contributed by atoms with Gasteiger partial charge in [-0.05, 0) is 31.2 Å². The number of amides is 1. The number of hydrogen-bond acceptors (Lipinski definition) is 5. The molecule has 2 unspecified atom stereocenters. The quantitative estimate of drug-likeness (QED) is 0.573. The molecule has 3 heterocycles. The predicted octanol–water partition coefficient (Wildman–Crippen LogP) is 3.63. The van der Waals surface area contributed by atoms with Gasteiger partial charge in [0.2, 0.25) is 0 Å². The Balaban J connectivity index is 1.42. The molecular weight excluding hydrogens is 412 g/mol. The van der Waals surface area contributed by atoms with Gasteiger partial charge in [-0.15, -0.1) is 0 Å². The van der Waals surface area contributed by atoms with E-state index in [0.717, 1.165) is 28.3 Å². The molecule has 1 amide bonds. The van der Waals surface area contributed by atoms with Crippen LogP contribution in [0.4, 0.5) is 5.69 Å². The highest BCUT2D eigenvalue weighted by Gasteiger charge is 2.49. The smallest absolute Gasteiger partial charge is 0.256 e. The average molecular weight is 441 g/mol. The van der Waals surface area contributed by atoms with Crippen LogP contribution in [-0.2, 0) is 0 Å². The van der Waals surface area contributed by atoms with Gasteiger partial charge >= 0.3 is 0 Å². The molecule has 0 saturated carbocycles. The Morgan fingerprint density at radius 1 is 1.21 bits per heavy atom. The minimum Gasteiger partial charge on any atom is -0.485 e. The topological polar surface area (TPSA) is 69.0 Å². The molecule has 1 fully saturated rings. The van der Waals surface area contributed by atoms with Crippen molar-refractivity contribution in [2.24, 2.45) is 10.9 Å². The first kappa shape index (κ1) is 21.3. The molecule has 0 aromatic heterocycles. The Morgan fingerprint density at radius 2 is 1.97 bits per heavy atom.